The summed E-state index contributed by atoms with van der Waals surface area (Å²) >= 11 is 0. The maximum absolute atomic E-state index is 13.3. The molecule has 0 amide bonds. The summed E-state index contributed by atoms with van der Waals surface area (Å²) in [7, 11) is 5.09. The number of aliphatic hydroxyl groups is 1. The quantitative estimate of drug-likeness (QED) is 0.590. The van der Waals surface area contributed by atoms with Crippen molar-refractivity contribution in [1.82, 2.24) is 9.88 Å². The van der Waals surface area contributed by atoms with Crippen LogP contribution in [0.4, 0.5) is 0 Å². The van der Waals surface area contributed by atoms with Gasteiger partial charge in [-0.2, -0.15) is 0 Å². The second-order valence-electron chi connectivity index (χ2n) is 7.52. The first kappa shape index (κ1) is 20.6. The molecule has 2 heterocycles. The molecule has 2 atom stereocenters. The number of H-pyrrole nitrogens is 1. The molecule has 152 valence electrons. The molecule has 1 aliphatic rings. The molecule has 0 aliphatic carbocycles. The van der Waals surface area contributed by atoms with Gasteiger partial charge in [0.15, 0.2) is 0 Å². The summed E-state index contributed by atoms with van der Waals surface area (Å²) in [5.41, 5.74) is 2.44. The first-order chi connectivity index (χ1) is 13.5. The van der Waals surface area contributed by atoms with Crippen LogP contribution >= 0.6 is 0 Å². The smallest absolute Gasteiger partial charge is 0.320 e. The standard InChI is InChI=1S/C22H30N2O4/c1-5-15-12-24(2)11-10-18(15)22(14-25,21(26)28-4)20-17(13-27-3)16-8-6-7-9-19(16)23-20/h5-9,18,23,25H,10-14H2,1-4H3/b15-5-. The summed E-state index contributed by atoms with van der Waals surface area (Å²) < 4.78 is 10.7. The van der Waals surface area contributed by atoms with Gasteiger partial charge in [0.2, 0.25) is 0 Å². The van der Waals surface area contributed by atoms with Crippen LogP contribution in [0.15, 0.2) is 35.9 Å². The number of benzene rings is 1. The molecule has 6 nitrogen and oxygen atoms in total. The van der Waals surface area contributed by atoms with E-state index in [2.05, 4.69) is 23.0 Å². The molecular weight excluding hydrogens is 356 g/mol. The predicted molar refractivity (Wildman–Crippen MR) is 109 cm³/mol. The van der Waals surface area contributed by atoms with E-state index < -0.39 is 11.4 Å². The molecular formula is C22H30N2O4. The van der Waals surface area contributed by atoms with E-state index in [1.807, 2.05) is 31.2 Å². The molecule has 0 saturated carbocycles. The number of aliphatic hydroxyl groups excluding tert-OH is 1. The molecule has 1 aromatic carbocycles. The number of esters is 1. The summed E-state index contributed by atoms with van der Waals surface area (Å²) in [6.07, 6.45) is 2.82. The van der Waals surface area contributed by atoms with Gasteiger partial charge in [-0.1, -0.05) is 29.8 Å². The fourth-order valence-electron chi connectivity index (χ4n) is 4.62. The Bertz CT molecular complexity index is 873. The summed E-state index contributed by atoms with van der Waals surface area (Å²) in [5.74, 6) is -0.581. The van der Waals surface area contributed by atoms with E-state index in [0.717, 1.165) is 41.5 Å². The van der Waals surface area contributed by atoms with Gasteiger partial charge in [0.05, 0.1) is 20.3 Å². The summed E-state index contributed by atoms with van der Waals surface area (Å²) in [4.78, 5) is 18.9. The van der Waals surface area contributed by atoms with Gasteiger partial charge in [-0.05, 0) is 33.0 Å². The number of para-hydroxylation sites is 1. The number of aromatic nitrogens is 1. The summed E-state index contributed by atoms with van der Waals surface area (Å²) in [6.45, 7) is 3.60. The molecule has 1 aromatic heterocycles. The van der Waals surface area contributed by atoms with E-state index in [9.17, 15) is 9.90 Å². The van der Waals surface area contributed by atoms with Crippen molar-refractivity contribution in [3.63, 3.8) is 0 Å². The van der Waals surface area contributed by atoms with Crippen LogP contribution in [0.25, 0.3) is 10.9 Å². The third kappa shape index (κ3) is 3.26. The van der Waals surface area contributed by atoms with Crippen LogP contribution in [0.3, 0.4) is 0 Å². The molecule has 1 aliphatic heterocycles. The Labute approximate surface area is 166 Å². The average Bonchev–Trinajstić information content (AvgIpc) is 3.08. The number of nitrogens with zero attached hydrogens (tertiary/aromatic N) is 1. The number of ether oxygens (including phenoxy) is 2. The lowest BCUT2D eigenvalue weighted by molar-refractivity contribution is -0.152. The summed E-state index contributed by atoms with van der Waals surface area (Å²) in [6, 6.07) is 7.90. The Kier molecular flexibility index (Phi) is 6.23. The number of rotatable bonds is 6. The fraction of sp³-hybridized carbons (Fsp3) is 0.500. The number of piperidine rings is 1. The number of allylic oxidation sites excluding steroid dienone is 1. The number of hydrogen-bond donors (Lipinski definition) is 2. The SMILES string of the molecule is C/C=C1/CN(C)CCC1C(CO)(C(=O)OC)c1[nH]c2ccccc2c1COC. The van der Waals surface area contributed by atoms with Gasteiger partial charge in [-0.25, -0.2) is 0 Å². The van der Waals surface area contributed by atoms with Gasteiger partial charge < -0.3 is 24.5 Å². The van der Waals surface area contributed by atoms with Crippen LogP contribution in [0.2, 0.25) is 0 Å². The van der Waals surface area contributed by atoms with Gasteiger partial charge >= 0.3 is 5.97 Å². The minimum atomic E-state index is -1.20. The van der Waals surface area contributed by atoms with E-state index in [1.165, 1.54) is 7.11 Å². The maximum atomic E-state index is 13.3. The molecule has 0 radical (unpaired) electrons. The Morgan fingerprint density at radius 3 is 2.79 bits per heavy atom. The van der Waals surface area contributed by atoms with Crippen LogP contribution < -0.4 is 0 Å². The molecule has 3 rings (SSSR count). The monoisotopic (exact) mass is 386 g/mol. The second-order valence-corrected chi connectivity index (χ2v) is 7.52. The topological polar surface area (TPSA) is 74.8 Å². The third-order valence-electron chi connectivity index (χ3n) is 6.01. The second kappa shape index (κ2) is 8.47. The van der Waals surface area contributed by atoms with Crippen molar-refractivity contribution >= 4 is 16.9 Å². The molecule has 2 N–H and O–H groups in total. The van der Waals surface area contributed by atoms with Gasteiger partial charge in [0.1, 0.15) is 5.41 Å². The van der Waals surface area contributed by atoms with Crippen LogP contribution in [0.1, 0.15) is 24.6 Å². The Morgan fingerprint density at radius 1 is 1.39 bits per heavy atom. The first-order valence-electron chi connectivity index (χ1n) is 9.65. The number of likely N-dealkylation sites (tertiary alicyclic amines) is 1. The summed E-state index contributed by atoms with van der Waals surface area (Å²) in [5, 5.41) is 11.7. The highest BCUT2D eigenvalue weighted by Crippen LogP contribution is 2.44. The molecule has 2 aromatic rings. The van der Waals surface area contributed by atoms with Crippen molar-refractivity contribution in [1.29, 1.82) is 0 Å². The lowest BCUT2D eigenvalue weighted by atomic mass is 9.66. The van der Waals surface area contributed by atoms with Gasteiger partial charge in [0.25, 0.3) is 0 Å². The van der Waals surface area contributed by atoms with Crippen LogP contribution in [-0.4, -0.2) is 61.9 Å². The minimum Gasteiger partial charge on any atom is -0.468 e. The zero-order valence-electron chi connectivity index (χ0n) is 17.1. The van der Waals surface area contributed by atoms with Crippen molar-refractivity contribution in [2.45, 2.75) is 25.4 Å². The van der Waals surface area contributed by atoms with Gasteiger partial charge in [-0.3, -0.25) is 4.79 Å². The van der Waals surface area contributed by atoms with E-state index >= 15 is 0 Å². The first-order valence-corrected chi connectivity index (χ1v) is 9.65. The van der Waals surface area contributed by atoms with E-state index in [-0.39, 0.29) is 12.5 Å². The number of hydrogen-bond acceptors (Lipinski definition) is 5. The average molecular weight is 386 g/mol. The highest BCUT2D eigenvalue weighted by molar-refractivity contribution is 5.91. The maximum Gasteiger partial charge on any atom is 0.320 e. The lowest BCUT2D eigenvalue weighted by Gasteiger charge is -2.43. The fourth-order valence-corrected chi connectivity index (χ4v) is 4.62. The molecule has 2 unspecified atom stereocenters. The highest BCUT2D eigenvalue weighted by Gasteiger charge is 2.52. The van der Waals surface area contributed by atoms with Crippen LogP contribution in [0, 0.1) is 5.92 Å². The van der Waals surface area contributed by atoms with E-state index in [4.69, 9.17) is 9.47 Å². The molecule has 6 heteroatoms. The Morgan fingerprint density at radius 2 is 2.14 bits per heavy atom. The Balaban J connectivity index is 2.28. The van der Waals surface area contributed by atoms with Crippen molar-refractivity contribution < 1.29 is 19.4 Å². The minimum absolute atomic E-state index is 0.158. The van der Waals surface area contributed by atoms with E-state index in [0.29, 0.717) is 12.3 Å². The number of nitrogens with one attached hydrogen (secondary N) is 1. The predicted octanol–water partition coefficient (Wildman–Crippen LogP) is 2.62. The number of carbonyl (C=O) groups excluding carboxylic acids is 1. The van der Waals surface area contributed by atoms with E-state index in [1.54, 1.807) is 7.11 Å². The Hall–Kier alpha value is -2.15. The highest BCUT2D eigenvalue weighted by atomic mass is 16.5. The van der Waals surface area contributed by atoms with Crippen molar-refractivity contribution in [3.05, 3.63) is 47.2 Å². The molecule has 1 saturated heterocycles. The van der Waals surface area contributed by atoms with Crippen molar-refractivity contribution in [2.24, 2.45) is 5.92 Å². The molecule has 0 spiro atoms. The normalized spacial score (nSPS) is 21.8. The zero-order valence-corrected chi connectivity index (χ0v) is 17.1. The number of fused-ring (bicyclic) bond motifs is 1. The number of carbonyl (C=O) groups is 1. The lowest BCUT2D eigenvalue weighted by Crippen LogP contribution is -2.52. The third-order valence-corrected chi connectivity index (χ3v) is 6.01. The van der Waals surface area contributed by atoms with Crippen LogP contribution in [0.5, 0.6) is 0 Å². The van der Waals surface area contributed by atoms with Crippen molar-refractivity contribution in [3.8, 4) is 0 Å². The van der Waals surface area contributed by atoms with Crippen LogP contribution in [-0.2, 0) is 26.3 Å². The molecule has 1 fully saturated rings. The number of methoxy groups -OCH3 is 2. The van der Waals surface area contributed by atoms with Crippen molar-refractivity contribution in [2.75, 3.05) is 41.0 Å². The zero-order chi connectivity index (χ0) is 20.3. The van der Waals surface area contributed by atoms with Gasteiger partial charge in [0, 0.05) is 41.7 Å². The number of likely N-dealkylation sites (N-methyl/N-ethyl adjacent to an activating group) is 1. The molecule has 0 bridgehead atoms. The number of aromatic amines is 1. The molecule has 28 heavy (non-hydrogen) atoms. The largest absolute Gasteiger partial charge is 0.468 e. The van der Waals surface area contributed by atoms with Gasteiger partial charge in [-0.15, -0.1) is 0 Å².